The van der Waals surface area contributed by atoms with Crippen molar-refractivity contribution in [1.82, 2.24) is 0 Å². The Hall–Kier alpha value is -3.67. The predicted molar refractivity (Wildman–Crippen MR) is 297 cm³/mol. The van der Waals surface area contributed by atoms with Crippen LogP contribution in [0.25, 0.3) is 0 Å². The first-order valence-corrected chi connectivity index (χ1v) is 28.7. The van der Waals surface area contributed by atoms with Gasteiger partial charge < -0.3 is 14.2 Å². The fraction of sp³-hybridized carbons (Fsp3) is 0.698. The summed E-state index contributed by atoms with van der Waals surface area (Å²) in [7, 11) is 0. The van der Waals surface area contributed by atoms with Crippen LogP contribution in [0.1, 0.15) is 265 Å². The van der Waals surface area contributed by atoms with E-state index in [2.05, 4.69) is 118 Å². The molecule has 0 spiro atoms. The molecule has 0 aliphatic heterocycles. The highest BCUT2D eigenvalue weighted by Gasteiger charge is 2.19. The van der Waals surface area contributed by atoms with Crippen molar-refractivity contribution in [2.24, 2.45) is 0 Å². The van der Waals surface area contributed by atoms with Crippen molar-refractivity contribution >= 4 is 17.9 Å². The van der Waals surface area contributed by atoms with Gasteiger partial charge in [0.15, 0.2) is 6.10 Å². The van der Waals surface area contributed by atoms with Crippen molar-refractivity contribution in [3.8, 4) is 0 Å². The smallest absolute Gasteiger partial charge is 0.306 e. The lowest BCUT2D eigenvalue weighted by atomic mass is 10.1. The van der Waals surface area contributed by atoms with E-state index in [1.54, 1.807) is 0 Å². The van der Waals surface area contributed by atoms with Gasteiger partial charge in [-0.05, 0) is 128 Å². The number of rotatable bonds is 51. The standard InChI is InChI=1S/C63H106O6/c1-4-7-10-13-16-19-22-25-28-30-31-33-35-38-41-44-47-50-53-56-62(65)68-59-60(58-67-61(64)55-52-49-46-43-40-37-34-27-24-21-18-15-12-9-6-3)69-63(66)57-54-51-48-45-42-39-36-32-29-26-23-20-17-14-11-8-5-2/h16-17,19-20,25-29,31,33-34,36,38-39,41,60H,4-15,18,21-24,30,32,35,37,40,42-59H2,1-3H3/b19-16-,20-17-,28-25-,29-26-,33-31-,34-27-,39-36-,41-38-/t60-/m0/s1. The van der Waals surface area contributed by atoms with Crippen LogP contribution in [0.5, 0.6) is 0 Å². The molecule has 0 N–H and O–H groups in total. The van der Waals surface area contributed by atoms with Gasteiger partial charge >= 0.3 is 17.9 Å². The maximum Gasteiger partial charge on any atom is 0.306 e. The zero-order valence-electron chi connectivity index (χ0n) is 45.0. The van der Waals surface area contributed by atoms with E-state index in [0.717, 1.165) is 122 Å². The van der Waals surface area contributed by atoms with Gasteiger partial charge in [-0.3, -0.25) is 14.4 Å². The minimum Gasteiger partial charge on any atom is -0.462 e. The van der Waals surface area contributed by atoms with Gasteiger partial charge in [-0.15, -0.1) is 0 Å². The van der Waals surface area contributed by atoms with Crippen molar-refractivity contribution in [3.63, 3.8) is 0 Å². The first-order chi connectivity index (χ1) is 34.0. The van der Waals surface area contributed by atoms with Crippen LogP contribution < -0.4 is 0 Å². The summed E-state index contributed by atoms with van der Waals surface area (Å²) in [5.74, 6) is -0.961. The SMILES string of the molecule is CCCCC/C=C\C/C=C\C/C=C\C/C=C\CCCCCC(=O)OC[C@H](COC(=O)CCCCCCC/C=C\CCCCCCCC)OC(=O)CCCCCC/C=C\C/C=C\C/C=C\CCCCC. The maximum absolute atomic E-state index is 12.8. The molecular weight excluding hydrogens is 853 g/mol. The Morgan fingerprint density at radius 3 is 0.870 bits per heavy atom. The van der Waals surface area contributed by atoms with E-state index < -0.39 is 6.10 Å². The van der Waals surface area contributed by atoms with Gasteiger partial charge in [0.2, 0.25) is 0 Å². The van der Waals surface area contributed by atoms with Crippen LogP contribution in [-0.4, -0.2) is 37.2 Å². The van der Waals surface area contributed by atoms with E-state index in [9.17, 15) is 14.4 Å². The van der Waals surface area contributed by atoms with Gasteiger partial charge in [-0.2, -0.15) is 0 Å². The molecule has 0 radical (unpaired) electrons. The fourth-order valence-corrected chi connectivity index (χ4v) is 7.66. The van der Waals surface area contributed by atoms with Crippen LogP contribution in [0, 0.1) is 0 Å². The van der Waals surface area contributed by atoms with Gasteiger partial charge in [0.05, 0.1) is 0 Å². The summed E-state index contributed by atoms with van der Waals surface area (Å²) in [6, 6.07) is 0. The lowest BCUT2D eigenvalue weighted by molar-refractivity contribution is -0.167. The normalized spacial score (nSPS) is 12.8. The highest BCUT2D eigenvalue weighted by molar-refractivity contribution is 5.71. The summed E-state index contributed by atoms with van der Waals surface area (Å²) < 4.78 is 16.8. The summed E-state index contributed by atoms with van der Waals surface area (Å²) in [6.45, 7) is 6.53. The molecule has 0 aromatic heterocycles. The average Bonchev–Trinajstić information content (AvgIpc) is 3.35. The van der Waals surface area contributed by atoms with Crippen molar-refractivity contribution in [2.75, 3.05) is 13.2 Å². The molecule has 0 bridgehead atoms. The Bertz CT molecular complexity index is 1380. The molecule has 0 aromatic carbocycles. The Morgan fingerprint density at radius 2 is 0.522 bits per heavy atom. The fourth-order valence-electron chi connectivity index (χ4n) is 7.66. The van der Waals surface area contributed by atoms with Crippen LogP contribution in [0.15, 0.2) is 97.2 Å². The third-order valence-electron chi connectivity index (χ3n) is 12.0. The first kappa shape index (κ1) is 65.3. The molecule has 0 saturated heterocycles. The second-order valence-corrected chi connectivity index (χ2v) is 18.8. The topological polar surface area (TPSA) is 78.9 Å². The maximum atomic E-state index is 12.8. The molecule has 394 valence electrons. The predicted octanol–water partition coefficient (Wildman–Crippen LogP) is 19.3. The molecular formula is C63H106O6. The number of allylic oxidation sites excluding steroid dienone is 16. The molecule has 0 fully saturated rings. The summed E-state index contributed by atoms with van der Waals surface area (Å²) in [4.78, 5) is 38.1. The molecule has 0 aromatic rings. The number of unbranched alkanes of at least 4 members (excludes halogenated alkanes) is 24. The third-order valence-corrected chi connectivity index (χ3v) is 12.0. The number of hydrogen-bond donors (Lipinski definition) is 0. The third kappa shape index (κ3) is 55.1. The Balaban J connectivity index is 4.51. The zero-order chi connectivity index (χ0) is 50.0. The molecule has 1 atom stereocenters. The van der Waals surface area contributed by atoms with Crippen LogP contribution >= 0.6 is 0 Å². The minimum atomic E-state index is -0.807. The number of ether oxygens (including phenoxy) is 3. The zero-order valence-corrected chi connectivity index (χ0v) is 45.0. The largest absolute Gasteiger partial charge is 0.462 e. The van der Waals surface area contributed by atoms with E-state index in [4.69, 9.17) is 14.2 Å². The van der Waals surface area contributed by atoms with Gasteiger partial charge in [-0.25, -0.2) is 0 Å². The molecule has 0 heterocycles. The number of esters is 3. The lowest BCUT2D eigenvalue weighted by Crippen LogP contribution is -2.30. The summed E-state index contributed by atoms with van der Waals surface area (Å²) in [5, 5.41) is 0. The second kappa shape index (κ2) is 56.9. The molecule has 69 heavy (non-hydrogen) atoms. The molecule has 6 nitrogen and oxygen atoms in total. The molecule has 0 amide bonds. The minimum absolute atomic E-state index is 0.102. The summed E-state index contributed by atoms with van der Waals surface area (Å²) in [5.41, 5.74) is 0. The van der Waals surface area contributed by atoms with Crippen molar-refractivity contribution in [3.05, 3.63) is 97.2 Å². The van der Waals surface area contributed by atoms with Gasteiger partial charge in [0, 0.05) is 19.3 Å². The molecule has 0 unspecified atom stereocenters. The quantitative estimate of drug-likeness (QED) is 0.0262. The Labute approximate surface area is 426 Å². The number of carbonyl (C=O) groups excluding carboxylic acids is 3. The van der Waals surface area contributed by atoms with Gasteiger partial charge in [0.25, 0.3) is 0 Å². The van der Waals surface area contributed by atoms with E-state index in [0.29, 0.717) is 19.3 Å². The highest BCUT2D eigenvalue weighted by atomic mass is 16.6. The highest BCUT2D eigenvalue weighted by Crippen LogP contribution is 2.13. The van der Waals surface area contributed by atoms with Crippen molar-refractivity contribution in [2.45, 2.75) is 271 Å². The van der Waals surface area contributed by atoms with E-state index in [1.165, 1.54) is 103 Å². The number of carbonyl (C=O) groups is 3. The van der Waals surface area contributed by atoms with Crippen LogP contribution in [-0.2, 0) is 28.6 Å². The Kier molecular flexibility index (Phi) is 53.9. The van der Waals surface area contributed by atoms with Crippen molar-refractivity contribution < 1.29 is 28.6 Å². The van der Waals surface area contributed by atoms with E-state index in [1.807, 2.05) is 0 Å². The lowest BCUT2D eigenvalue weighted by Gasteiger charge is -2.18. The Morgan fingerprint density at radius 1 is 0.290 bits per heavy atom. The second-order valence-electron chi connectivity index (χ2n) is 18.8. The molecule has 0 aliphatic rings. The summed E-state index contributed by atoms with van der Waals surface area (Å²) in [6.07, 6.45) is 75.3. The van der Waals surface area contributed by atoms with Crippen LogP contribution in [0.2, 0.25) is 0 Å². The molecule has 0 rings (SSSR count). The van der Waals surface area contributed by atoms with Gasteiger partial charge in [0.1, 0.15) is 13.2 Å². The average molecular weight is 960 g/mol. The number of hydrogen-bond acceptors (Lipinski definition) is 6. The monoisotopic (exact) mass is 959 g/mol. The van der Waals surface area contributed by atoms with E-state index >= 15 is 0 Å². The molecule has 0 saturated carbocycles. The van der Waals surface area contributed by atoms with Gasteiger partial charge in [-0.1, -0.05) is 214 Å². The molecule has 0 aliphatic carbocycles. The van der Waals surface area contributed by atoms with Crippen molar-refractivity contribution in [1.29, 1.82) is 0 Å². The van der Waals surface area contributed by atoms with Crippen LogP contribution in [0.3, 0.4) is 0 Å². The summed E-state index contributed by atoms with van der Waals surface area (Å²) >= 11 is 0. The van der Waals surface area contributed by atoms with Crippen LogP contribution in [0.4, 0.5) is 0 Å². The first-order valence-electron chi connectivity index (χ1n) is 28.7. The molecule has 6 heteroatoms. The van der Waals surface area contributed by atoms with E-state index in [-0.39, 0.29) is 31.1 Å².